The third-order valence-electron chi connectivity index (χ3n) is 4.00. The molecule has 1 heterocycles. The van der Waals surface area contributed by atoms with E-state index in [-0.39, 0.29) is 17.0 Å². The Labute approximate surface area is 150 Å². The number of nitrogens with one attached hydrogen (secondary N) is 1. The van der Waals surface area contributed by atoms with Crippen molar-refractivity contribution in [1.29, 1.82) is 0 Å². The maximum absolute atomic E-state index is 13.7. The molecule has 0 aliphatic carbocycles. The minimum Gasteiger partial charge on any atom is -0.324 e. The number of hydrogen-bond acceptors (Lipinski definition) is 2. The number of halogens is 2. The summed E-state index contributed by atoms with van der Waals surface area (Å²) in [6.45, 7) is 1.25. The van der Waals surface area contributed by atoms with E-state index in [0.717, 1.165) is 22.8 Å². The largest absolute Gasteiger partial charge is 0.324 e. The summed E-state index contributed by atoms with van der Waals surface area (Å²) in [5.41, 5.74) is 1.32. The maximum Gasteiger partial charge on any atom is 0.321 e. The average molecular weight is 365 g/mol. The van der Waals surface area contributed by atoms with Gasteiger partial charge >= 0.3 is 6.03 Å². The second-order valence-electron chi connectivity index (χ2n) is 5.57. The number of benzene rings is 2. The van der Waals surface area contributed by atoms with Crippen LogP contribution in [0.25, 0.3) is 0 Å². The van der Waals surface area contributed by atoms with Crippen molar-refractivity contribution in [2.45, 2.75) is 11.7 Å². The molecule has 0 spiro atoms. The van der Waals surface area contributed by atoms with E-state index in [1.54, 1.807) is 34.9 Å². The summed E-state index contributed by atoms with van der Waals surface area (Å²) < 4.78 is 13.7. The lowest BCUT2D eigenvalue weighted by atomic mass is 10.1. The molecule has 0 radical (unpaired) electrons. The lowest BCUT2D eigenvalue weighted by Crippen LogP contribution is -2.36. The lowest BCUT2D eigenvalue weighted by Gasteiger charge is -2.21. The number of thioether (sulfide) groups is 1. The average Bonchev–Trinajstić information content (AvgIpc) is 2.83. The van der Waals surface area contributed by atoms with E-state index in [1.165, 1.54) is 6.07 Å². The number of rotatable bonds is 2. The Kier molecular flexibility index (Phi) is 5.63. The van der Waals surface area contributed by atoms with E-state index in [0.29, 0.717) is 13.1 Å². The van der Waals surface area contributed by atoms with Gasteiger partial charge in [-0.05, 0) is 30.2 Å². The first-order valence-electron chi connectivity index (χ1n) is 7.81. The number of nitrogens with zero attached hydrogens (tertiary/aromatic N) is 1. The molecule has 3 nitrogen and oxygen atoms in total. The molecule has 0 aromatic heterocycles. The molecule has 126 valence electrons. The molecule has 0 bridgehead atoms. The van der Waals surface area contributed by atoms with E-state index in [1.807, 2.05) is 24.3 Å². The molecule has 3 rings (SSSR count). The van der Waals surface area contributed by atoms with Crippen molar-refractivity contribution in [2.75, 3.05) is 24.2 Å². The Balaban J connectivity index is 1.64. The van der Waals surface area contributed by atoms with Gasteiger partial charge in [-0.3, -0.25) is 0 Å². The summed E-state index contributed by atoms with van der Waals surface area (Å²) in [4.78, 5) is 14.1. The van der Waals surface area contributed by atoms with Gasteiger partial charge in [-0.2, -0.15) is 11.8 Å². The zero-order valence-electron chi connectivity index (χ0n) is 13.0. The fourth-order valence-corrected chi connectivity index (χ4v) is 4.31. The zero-order chi connectivity index (χ0) is 16.9. The van der Waals surface area contributed by atoms with Gasteiger partial charge < -0.3 is 10.2 Å². The van der Waals surface area contributed by atoms with Crippen LogP contribution in [-0.2, 0) is 0 Å². The molecule has 2 aromatic carbocycles. The highest BCUT2D eigenvalue weighted by Gasteiger charge is 2.23. The van der Waals surface area contributed by atoms with E-state index >= 15 is 0 Å². The van der Waals surface area contributed by atoms with E-state index < -0.39 is 5.82 Å². The van der Waals surface area contributed by atoms with Crippen LogP contribution in [0, 0.1) is 5.82 Å². The molecule has 2 amide bonds. The van der Waals surface area contributed by atoms with Gasteiger partial charge in [0, 0.05) is 29.1 Å². The molecular weight excluding hydrogens is 347 g/mol. The molecule has 0 saturated carbocycles. The van der Waals surface area contributed by atoms with Crippen LogP contribution in [0.2, 0.25) is 5.02 Å². The lowest BCUT2D eigenvalue weighted by molar-refractivity contribution is 0.215. The quantitative estimate of drug-likeness (QED) is 0.795. The summed E-state index contributed by atoms with van der Waals surface area (Å²) >= 11 is 8.09. The van der Waals surface area contributed by atoms with Crippen molar-refractivity contribution >= 4 is 35.1 Å². The summed E-state index contributed by atoms with van der Waals surface area (Å²) in [6, 6.07) is 13.8. The Bertz CT molecular complexity index is 728. The Hall–Kier alpha value is -1.72. The SMILES string of the molecule is O=C(Nc1ccccc1F)N1CCS[C@@H](c2ccccc2Cl)CC1. The van der Waals surface area contributed by atoms with Crippen molar-refractivity contribution in [3.05, 3.63) is 64.9 Å². The highest BCUT2D eigenvalue weighted by Crippen LogP contribution is 2.37. The van der Waals surface area contributed by atoms with Gasteiger partial charge in [0.05, 0.1) is 5.69 Å². The fourth-order valence-electron chi connectivity index (χ4n) is 2.71. The zero-order valence-corrected chi connectivity index (χ0v) is 14.6. The molecule has 1 fully saturated rings. The minimum atomic E-state index is -0.427. The third kappa shape index (κ3) is 4.02. The van der Waals surface area contributed by atoms with Gasteiger partial charge in [0.2, 0.25) is 0 Å². The smallest absolute Gasteiger partial charge is 0.321 e. The van der Waals surface area contributed by atoms with Crippen molar-refractivity contribution in [3.8, 4) is 0 Å². The normalized spacial score (nSPS) is 18.1. The second-order valence-corrected chi connectivity index (χ2v) is 7.28. The van der Waals surface area contributed by atoms with Crippen LogP contribution in [0.1, 0.15) is 17.2 Å². The van der Waals surface area contributed by atoms with Gasteiger partial charge in [0.15, 0.2) is 0 Å². The number of hydrogen-bond donors (Lipinski definition) is 1. The highest BCUT2D eigenvalue weighted by molar-refractivity contribution is 7.99. The van der Waals surface area contributed by atoms with Crippen LogP contribution in [0.3, 0.4) is 0 Å². The molecule has 1 aliphatic heterocycles. The predicted octanol–water partition coefficient (Wildman–Crippen LogP) is 5.19. The Morgan fingerprint density at radius 3 is 2.71 bits per heavy atom. The monoisotopic (exact) mass is 364 g/mol. The molecule has 0 unspecified atom stereocenters. The van der Waals surface area contributed by atoms with Crippen molar-refractivity contribution < 1.29 is 9.18 Å². The standard InChI is InChI=1S/C18H18ClFN2OS/c19-14-6-2-1-5-13(14)17-9-10-22(11-12-24-17)18(23)21-16-8-4-3-7-15(16)20/h1-8,17H,9-12H2,(H,21,23)/t17-/m1/s1. The van der Waals surface area contributed by atoms with Crippen molar-refractivity contribution in [1.82, 2.24) is 4.90 Å². The van der Waals surface area contributed by atoms with Gasteiger partial charge in [-0.1, -0.05) is 41.9 Å². The topological polar surface area (TPSA) is 32.3 Å². The van der Waals surface area contributed by atoms with E-state index in [2.05, 4.69) is 5.32 Å². The number of para-hydroxylation sites is 1. The van der Waals surface area contributed by atoms with E-state index in [4.69, 9.17) is 11.6 Å². The van der Waals surface area contributed by atoms with Gasteiger partial charge in [0.25, 0.3) is 0 Å². The van der Waals surface area contributed by atoms with Crippen LogP contribution < -0.4 is 5.32 Å². The summed E-state index contributed by atoms with van der Waals surface area (Å²) in [7, 11) is 0. The summed E-state index contributed by atoms with van der Waals surface area (Å²) in [5.74, 6) is 0.393. The number of anilines is 1. The van der Waals surface area contributed by atoms with Crippen molar-refractivity contribution in [2.24, 2.45) is 0 Å². The van der Waals surface area contributed by atoms with Crippen LogP contribution in [-0.4, -0.2) is 29.8 Å². The molecule has 1 saturated heterocycles. The first-order valence-corrected chi connectivity index (χ1v) is 9.24. The first-order chi connectivity index (χ1) is 11.6. The molecular formula is C18H18ClFN2OS. The summed E-state index contributed by atoms with van der Waals surface area (Å²) in [6.07, 6.45) is 0.819. The van der Waals surface area contributed by atoms with Crippen LogP contribution in [0.5, 0.6) is 0 Å². The molecule has 6 heteroatoms. The number of carbonyl (C=O) groups excluding carboxylic acids is 1. The number of urea groups is 1. The summed E-state index contributed by atoms with van der Waals surface area (Å²) in [5, 5.41) is 3.68. The molecule has 1 N–H and O–H groups in total. The second kappa shape index (κ2) is 7.90. The van der Waals surface area contributed by atoms with Crippen molar-refractivity contribution in [3.63, 3.8) is 0 Å². The van der Waals surface area contributed by atoms with Crippen LogP contribution in [0.15, 0.2) is 48.5 Å². The van der Waals surface area contributed by atoms with Gasteiger partial charge in [0.1, 0.15) is 5.82 Å². The first kappa shape index (κ1) is 17.1. The molecule has 1 aliphatic rings. The minimum absolute atomic E-state index is 0.210. The van der Waals surface area contributed by atoms with Gasteiger partial charge in [-0.15, -0.1) is 0 Å². The predicted molar refractivity (Wildman–Crippen MR) is 98.3 cm³/mol. The number of carbonyl (C=O) groups is 1. The highest BCUT2D eigenvalue weighted by atomic mass is 35.5. The fraction of sp³-hybridized carbons (Fsp3) is 0.278. The van der Waals surface area contributed by atoms with Gasteiger partial charge in [-0.25, -0.2) is 9.18 Å². The van der Waals surface area contributed by atoms with E-state index in [9.17, 15) is 9.18 Å². The number of amides is 2. The molecule has 2 aromatic rings. The third-order valence-corrected chi connectivity index (χ3v) is 5.65. The molecule has 24 heavy (non-hydrogen) atoms. The van der Waals surface area contributed by atoms with Crippen LogP contribution in [0.4, 0.5) is 14.9 Å². The molecule has 1 atom stereocenters. The Morgan fingerprint density at radius 1 is 1.17 bits per heavy atom. The Morgan fingerprint density at radius 2 is 1.92 bits per heavy atom. The van der Waals surface area contributed by atoms with Crippen LogP contribution >= 0.6 is 23.4 Å². The maximum atomic E-state index is 13.7.